The fraction of sp³-hybridized carbons (Fsp3) is 0.269. The van der Waals surface area contributed by atoms with E-state index in [0.717, 1.165) is 33.4 Å². The number of hydrogen-bond donors (Lipinski definition) is 0. The van der Waals surface area contributed by atoms with Gasteiger partial charge in [0.25, 0.3) is 0 Å². The third-order valence-corrected chi connectivity index (χ3v) is 6.30. The Labute approximate surface area is 196 Å². The van der Waals surface area contributed by atoms with Crippen LogP contribution in [0.3, 0.4) is 0 Å². The Bertz CT molecular complexity index is 1400. The molecule has 0 radical (unpaired) electrons. The Kier molecular flexibility index (Phi) is 5.05. The summed E-state index contributed by atoms with van der Waals surface area (Å²) in [7, 11) is 1.87. The molecule has 1 aromatic heterocycles. The maximum atomic E-state index is 13.8. The second-order valence-corrected chi connectivity index (χ2v) is 8.52. The van der Waals surface area contributed by atoms with E-state index in [0.29, 0.717) is 50.0 Å². The van der Waals surface area contributed by atoms with Crippen LogP contribution in [0.2, 0.25) is 0 Å². The number of nitrogens with zero attached hydrogens (tertiary/aromatic N) is 4. The van der Waals surface area contributed by atoms with Crippen molar-refractivity contribution in [2.75, 3.05) is 24.7 Å². The highest BCUT2D eigenvalue weighted by atomic mass is 16.6. The Hall–Kier alpha value is -4.07. The van der Waals surface area contributed by atoms with Gasteiger partial charge < -0.3 is 19.1 Å². The van der Waals surface area contributed by atoms with Gasteiger partial charge in [-0.05, 0) is 35.4 Å². The molecule has 0 saturated carbocycles. The van der Waals surface area contributed by atoms with Crippen molar-refractivity contribution < 1.29 is 19.0 Å². The van der Waals surface area contributed by atoms with Crippen LogP contribution in [0.15, 0.2) is 54.6 Å². The van der Waals surface area contributed by atoms with Crippen molar-refractivity contribution in [2.24, 2.45) is 7.05 Å². The van der Waals surface area contributed by atoms with Crippen molar-refractivity contribution >= 4 is 22.6 Å². The first kappa shape index (κ1) is 20.5. The summed E-state index contributed by atoms with van der Waals surface area (Å²) in [5, 5.41) is 8.33. The van der Waals surface area contributed by atoms with E-state index in [2.05, 4.69) is 16.4 Å². The molecule has 0 unspecified atom stereocenters. The van der Waals surface area contributed by atoms with Crippen LogP contribution in [0.4, 0.5) is 5.69 Å². The number of aromatic nitrogens is 3. The number of amides is 1. The zero-order valence-electron chi connectivity index (χ0n) is 18.9. The first-order chi connectivity index (χ1) is 16.7. The SMILES string of the molecule is Cn1nnc2cc(CN3C(=O)Cc4cc5c(cc4OCCc4ccccc43)OCCO5)ccc21. The summed E-state index contributed by atoms with van der Waals surface area (Å²) in [6, 6.07) is 17.7. The molecule has 0 fully saturated rings. The molecule has 0 spiro atoms. The second-order valence-electron chi connectivity index (χ2n) is 8.52. The molecule has 0 bridgehead atoms. The molecule has 6 rings (SSSR count). The van der Waals surface area contributed by atoms with Crippen LogP contribution in [0.5, 0.6) is 17.2 Å². The van der Waals surface area contributed by atoms with Gasteiger partial charge in [-0.2, -0.15) is 0 Å². The highest BCUT2D eigenvalue weighted by Gasteiger charge is 2.25. The summed E-state index contributed by atoms with van der Waals surface area (Å²) in [5.74, 6) is 1.95. The average molecular weight is 457 g/mol. The molecule has 172 valence electrons. The van der Waals surface area contributed by atoms with Crippen LogP contribution in [0.1, 0.15) is 16.7 Å². The zero-order valence-corrected chi connectivity index (χ0v) is 18.9. The summed E-state index contributed by atoms with van der Waals surface area (Å²) < 4.78 is 19.3. The van der Waals surface area contributed by atoms with Gasteiger partial charge in [0, 0.05) is 30.8 Å². The van der Waals surface area contributed by atoms with Gasteiger partial charge in [0.2, 0.25) is 5.91 Å². The van der Waals surface area contributed by atoms with Gasteiger partial charge in [-0.3, -0.25) is 4.79 Å². The van der Waals surface area contributed by atoms with Crippen molar-refractivity contribution in [2.45, 2.75) is 19.4 Å². The molecule has 8 heteroatoms. The summed E-state index contributed by atoms with van der Waals surface area (Å²) >= 11 is 0. The van der Waals surface area contributed by atoms with Crippen molar-refractivity contribution in [3.8, 4) is 17.2 Å². The molecule has 8 nitrogen and oxygen atoms in total. The average Bonchev–Trinajstić information content (AvgIpc) is 3.22. The monoisotopic (exact) mass is 456 g/mol. The lowest BCUT2D eigenvalue weighted by molar-refractivity contribution is -0.118. The number of anilines is 1. The summed E-state index contributed by atoms with van der Waals surface area (Å²) in [5.41, 5.74) is 5.52. The van der Waals surface area contributed by atoms with Gasteiger partial charge in [0.05, 0.1) is 25.1 Å². The summed E-state index contributed by atoms with van der Waals surface area (Å²) in [4.78, 5) is 15.6. The molecule has 0 aliphatic carbocycles. The predicted octanol–water partition coefficient (Wildman–Crippen LogP) is 3.45. The minimum absolute atomic E-state index is 0.0184. The molecule has 1 amide bonds. The third kappa shape index (κ3) is 3.71. The lowest BCUT2D eigenvalue weighted by Gasteiger charge is -2.28. The number of hydrogen-bond acceptors (Lipinski definition) is 6. The molecule has 34 heavy (non-hydrogen) atoms. The molecule has 2 aliphatic heterocycles. The second kappa shape index (κ2) is 8.37. The van der Waals surface area contributed by atoms with Crippen molar-refractivity contribution in [3.05, 3.63) is 71.3 Å². The highest BCUT2D eigenvalue weighted by molar-refractivity contribution is 5.96. The lowest BCUT2D eigenvalue weighted by atomic mass is 10.0. The van der Waals surface area contributed by atoms with E-state index in [4.69, 9.17) is 14.2 Å². The Morgan fingerprint density at radius 2 is 1.68 bits per heavy atom. The molecule has 0 saturated heterocycles. The first-order valence-corrected chi connectivity index (χ1v) is 11.4. The van der Waals surface area contributed by atoms with Gasteiger partial charge in [-0.15, -0.1) is 5.10 Å². The van der Waals surface area contributed by atoms with Crippen LogP contribution in [0, 0.1) is 0 Å². The van der Waals surface area contributed by atoms with Gasteiger partial charge >= 0.3 is 0 Å². The number of ether oxygens (including phenoxy) is 3. The van der Waals surface area contributed by atoms with Crippen LogP contribution >= 0.6 is 0 Å². The van der Waals surface area contributed by atoms with Gasteiger partial charge in [0.1, 0.15) is 24.5 Å². The molecule has 0 atom stereocenters. The van der Waals surface area contributed by atoms with Crippen molar-refractivity contribution in [3.63, 3.8) is 0 Å². The number of aryl methyl sites for hydroxylation is 1. The molecule has 2 aliphatic rings. The van der Waals surface area contributed by atoms with Crippen molar-refractivity contribution in [1.29, 1.82) is 0 Å². The highest BCUT2D eigenvalue weighted by Crippen LogP contribution is 2.38. The van der Waals surface area contributed by atoms with Crippen LogP contribution < -0.4 is 19.1 Å². The third-order valence-electron chi connectivity index (χ3n) is 6.30. The smallest absolute Gasteiger partial charge is 0.231 e. The number of benzene rings is 3. The topological polar surface area (TPSA) is 78.7 Å². The van der Waals surface area contributed by atoms with E-state index in [1.807, 2.05) is 60.5 Å². The van der Waals surface area contributed by atoms with E-state index >= 15 is 0 Å². The fourth-order valence-corrected chi connectivity index (χ4v) is 4.57. The quantitative estimate of drug-likeness (QED) is 0.460. The van der Waals surface area contributed by atoms with E-state index in [1.54, 1.807) is 4.68 Å². The summed E-state index contributed by atoms with van der Waals surface area (Å²) in [6.07, 6.45) is 0.866. The van der Waals surface area contributed by atoms with Gasteiger partial charge in [-0.1, -0.05) is 29.5 Å². The van der Waals surface area contributed by atoms with E-state index < -0.39 is 0 Å². The standard InChI is InChI=1S/C26H24N4O4/c1-29-22-7-6-17(12-20(22)27-28-29)16-30-21-5-3-2-4-18(21)8-9-32-23-15-25-24(33-10-11-34-25)13-19(23)14-26(30)31/h2-7,12-13,15H,8-11,14,16H2,1H3. The molecular weight excluding hydrogens is 432 g/mol. The first-order valence-electron chi connectivity index (χ1n) is 11.4. The van der Waals surface area contributed by atoms with E-state index in [9.17, 15) is 4.79 Å². The van der Waals surface area contributed by atoms with E-state index in [-0.39, 0.29) is 12.3 Å². The molecule has 4 aromatic rings. The van der Waals surface area contributed by atoms with E-state index in [1.165, 1.54) is 0 Å². The summed E-state index contributed by atoms with van der Waals surface area (Å²) in [6.45, 7) is 1.92. The number of carbonyl (C=O) groups excluding carboxylic acids is 1. The normalized spacial score (nSPS) is 15.4. The molecular formula is C26H24N4O4. The fourth-order valence-electron chi connectivity index (χ4n) is 4.57. The minimum atomic E-state index is -0.0184. The lowest BCUT2D eigenvalue weighted by Crippen LogP contribution is -2.33. The Balaban J connectivity index is 1.39. The van der Waals surface area contributed by atoms with Crippen LogP contribution in [-0.4, -0.2) is 40.7 Å². The largest absolute Gasteiger partial charge is 0.493 e. The molecule has 3 aromatic carbocycles. The molecule has 0 N–H and O–H groups in total. The Morgan fingerprint density at radius 1 is 0.882 bits per heavy atom. The molecule has 3 heterocycles. The number of rotatable bonds is 2. The van der Waals surface area contributed by atoms with Gasteiger partial charge in [0.15, 0.2) is 11.5 Å². The number of fused-ring (bicyclic) bond motifs is 4. The maximum Gasteiger partial charge on any atom is 0.231 e. The van der Waals surface area contributed by atoms with Crippen molar-refractivity contribution in [1.82, 2.24) is 15.0 Å². The van der Waals surface area contributed by atoms with Crippen LogP contribution in [0.25, 0.3) is 11.0 Å². The predicted molar refractivity (Wildman–Crippen MR) is 126 cm³/mol. The zero-order chi connectivity index (χ0) is 23.1. The van der Waals surface area contributed by atoms with Crippen LogP contribution in [-0.2, 0) is 31.2 Å². The Morgan fingerprint density at radius 3 is 2.56 bits per heavy atom. The maximum absolute atomic E-state index is 13.8. The number of para-hydroxylation sites is 1. The minimum Gasteiger partial charge on any atom is -0.493 e. The number of carbonyl (C=O) groups is 1. The van der Waals surface area contributed by atoms with Gasteiger partial charge in [-0.25, -0.2) is 4.68 Å².